The third-order valence-corrected chi connectivity index (χ3v) is 3.26. The zero-order valence-electron chi connectivity index (χ0n) is 10.3. The van der Waals surface area contributed by atoms with Crippen molar-refractivity contribution in [2.24, 2.45) is 5.73 Å². The molecule has 1 aromatic heterocycles. The Hall–Kier alpha value is -2.09. The summed E-state index contributed by atoms with van der Waals surface area (Å²) < 4.78 is 6.69. The van der Waals surface area contributed by atoms with Gasteiger partial charge >= 0.3 is 0 Å². The van der Waals surface area contributed by atoms with Gasteiger partial charge in [0, 0.05) is 12.2 Å². The summed E-state index contributed by atoms with van der Waals surface area (Å²) in [6, 6.07) is 7.37. The van der Waals surface area contributed by atoms with E-state index in [0.29, 0.717) is 17.3 Å². The number of amides is 1. The molecule has 1 aromatic carbocycles. The number of carbonyl (C=O) groups excluding carboxylic acids is 1. The van der Waals surface area contributed by atoms with Crippen LogP contribution in [0.5, 0.6) is 5.75 Å². The summed E-state index contributed by atoms with van der Waals surface area (Å²) in [7, 11) is 1.61. The second-order valence-corrected chi connectivity index (χ2v) is 4.70. The van der Waals surface area contributed by atoms with Crippen LogP contribution in [-0.2, 0) is 4.79 Å². The van der Waals surface area contributed by atoms with Gasteiger partial charge in [0.25, 0.3) is 0 Å². The van der Waals surface area contributed by atoms with Crippen molar-refractivity contribution in [3.05, 3.63) is 24.3 Å². The average molecular weight is 279 g/mol. The maximum absolute atomic E-state index is 10.7. The fraction of sp³-hybridized carbons (Fsp3) is 0.273. The molecular formula is C11H13N5O2S. The van der Waals surface area contributed by atoms with E-state index in [1.807, 2.05) is 24.3 Å². The number of tetrazole rings is 1. The van der Waals surface area contributed by atoms with Crippen molar-refractivity contribution in [1.82, 2.24) is 20.2 Å². The van der Waals surface area contributed by atoms with Crippen LogP contribution in [0, 0.1) is 0 Å². The van der Waals surface area contributed by atoms with Crippen LogP contribution in [0.1, 0.15) is 6.42 Å². The number of nitrogens with zero attached hydrogens (tertiary/aromatic N) is 4. The van der Waals surface area contributed by atoms with Crippen LogP contribution < -0.4 is 10.5 Å². The average Bonchev–Trinajstić information content (AvgIpc) is 2.87. The fourth-order valence-electron chi connectivity index (χ4n) is 1.40. The van der Waals surface area contributed by atoms with Crippen molar-refractivity contribution < 1.29 is 9.53 Å². The molecule has 0 radical (unpaired) electrons. The van der Waals surface area contributed by atoms with Gasteiger partial charge < -0.3 is 10.5 Å². The molecule has 2 N–H and O–H groups in total. The summed E-state index contributed by atoms with van der Waals surface area (Å²) in [6.07, 6.45) is 0.292. The predicted molar refractivity (Wildman–Crippen MR) is 70.2 cm³/mol. The van der Waals surface area contributed by atoms with E-state index in [9.17, 15) is 4.79 Å². The van der Waals surface area contributed by atoms with Gasteiger partial charge in [-0.3, -0.25) is 4.79 Å². The molecule has 19 heavy (non-hydrogen) atoms. The molecular weight excluding hydrogens is 266 g/mol. The third kappa shape index (κ3) is 3.44. The van der Waals surface area contributed by atoms with Crippen LogP contribution in [0.2, 0.25) is 0 Å². The monoisotopic (exact) mass is 279 g/mol. The van der Waals surface area contributed by atoms with E-state index in [1.165, 1.54) is 11.8 Å². The van der Waals surface area contributed by atoms with Crippen LogP contribution in [0.4, 0.5) is 0 Å². The van der Waals surface area contributed by atoms with Crippen molar-refractivity contribution in [1.29, 1.82) is 0 Å². The van der Waals surface area contributed by atoms with Crippen LogP contribution in [-0.4, -0.2) is 39.0 Å². The number of rotatable bonds is 6. The van der Waals surface area contributed by atoms with E-state index in [-0.39, 0.29) is 5.91 Å². The smallest absolute Gasteiger partial charge is 0.218 e. The SMILES string of the molecule is COc1ccc(-n2nnnc2SCCC(N)=O)cc1. The number of methoxy groups -OCH3 is 1. The Bertz CT molecular complexity index is 554. The number of hydrogen-bond acceptors (Lipinski definition) is 6. The number of ether oxygens (including phenoxy) is 1. The minimum atomic E-state index is -0.337. The summed E-state index contributed by atoms with van der Waals surface area (Å²) in [6.45, 7) is 0. The van der Waals surface area contributed by atoms with Crippen molar-refractivity contribution >= 4 is 17.7 Å². The van der Waals surface area contributed by atoms with Crippen LogP contribution in [0.25, 0.3) is 5.69 Å². The molecule has 2 aromatic rings. The van der Waals surface area contributed by atoms with Crippen molar-refractivity contribution in [2.75, 3.05) is 12.9 Å². The highest BCUT2D eigenvalue weighted by Crippen LogP contribution is 2.20. The number of primary amides is 1. The molecule has 0 aliphatic carbocycles. The zero-order chi connectivity index (χ0) is 13.7. The van der Waals surface area contributed by atoms with Crippen molar-refractivity contribution in [3.63, 3.8) is 0 Å². The van der Waals surface area contributed by atoms with E-state index < -0.39 is 0 Å². The second-order valence-electron chi connectivity index (χ2n) is 3.64. The third-order valence-electron chi connectivity index (χ3n) is 2.34. The fourth-order valence-corrected chi connectivity index (χ4v) is 2.24. The van der Waals surface area contributed by atoms with Crippen LogP contribution >= 0.6 is 11.8 Å². The molecule has 0 fully saturated rings. The number of nitrogens with two attached hydrogens (primary N) is 1. The van der Waals surface area contributed by atoms with Gasteiger partial charge in [-0.15, -0.1) is 5.10 Å². The van der Waals surface area contributed by atoms with Gasteiger partial charge in [-0.2, -0.15) is 4.68 Å². The second kappa shape index (κ2) is 6.19. The highest BCUT2D eigenvalue weighted by atomic mass is 32.2. The first kappa shape index (κ1) is 13.3. The Labute approximate surface area is 114 Å². The van der Waals surface area contributed by atoms with E-state index in [0.717, 1.165) is 11.4 Å². The molecule has 8 heteroatoms. The molecule has 0 saturated heterocycles. The Morgan fingerprint density at radius 2 is 2.16 bits per heavy atom. The van der Waals surface area contributed by atoms with Gasteiger partial charge in [0.1, 0.15) is 5.75 Å². The number of benzene rings is 1. The topological polar surface area (TPSA) is 95.9 Å². The van der Waals surface area contributed by atoms with E-state index in [1.54, 1.807) is 11.8 Å². The van der Waals surface area contributed by atoms with E-state index in [4.69, 9.17) is 10.5 Å². The first-order valence-electron chi connectivity index (χ1n) is 5.54. The number of aromatic nitrogens is 4. The lowest BCUT2D eigenvalue weighted by Gasteiger charge is -2.04. The van der Waals surface area contributed by atoms with Gasteiger partial charge in [0.15, 0.2) is 0 Å². The molecule has 0 aliphatic rings. The lowest BCUT2D eigenvalue weighted by molar-refractivity contribution is -0.117. The molecule has 0 unspecified atom stereocenters. The lowest BCUT2D eigenvalue weighted by atomic mass is 10.3. The molecule has 0 spiro atoms. The minimum Gasteiger partial charge on any atom is -0.497 e. The standard InChI is InChI=1S/C11H13N5O2S/c1-18-9-4-2-8(3-5-9)16-11(13-14-15-16)19-7-6-10(12)17/h2-5H,6-7H2,1H3,(H2,12,17). The molecule has 1 heterocycles. The summed E-state index contributed by atoms with van der Waals surface area (Å²) in [5.74, 6) is 0.974. The van der Waals surface area contributed by atoms with Gasteiger partial charge in [0.2, 0.25) is 11.1 Å². The first-order valence-corrected chi connectivity index (χ1v) is 6.53. The Kier molecular flexibility index (Phi) is 4.35. The highest BCUT2D eigenvalue weighted by Gasteiger charge is 2.09. The summed E-state index contributed by atoms with van der Waals surface area (Å²) in [5, 5.41) is 12.1. The number of thioether (sulfide) groups is 1. The van der Waals surface area contributed by atoms with Gasteiger partial charge in [-0.1, -0.05) is 11.8 Å². The molecule has 0 atom stereocenters. The Balaban J connectivity index is 2.11. The largest absolute Gasteiger partial charge is 0.497 e. The minimum absolute atomic E-state index is 0.292. The maximum atomic E-state index is 10.7. The zero-order valence-corrected chi connectivity index (χ0v) is 11.1. The molecule has 0 aliphatic heterocycles. The van der Waals surface area contributed by atoms with E-state index in [2.05, 4.69) is 15.5 Å². The van der Waals surface area contributed by atoms with Gasteiger partial charge in [0.05, 0.1) is 12.8 Å². The number of carbonyl (C=O) groups is 1. The molecule has 0 bridgehead atoms. The molecule has 0 saturated carbocycles. The predicted octanol–water partition coefficient (Wildman–Crippen LogP) is 0.638. The highest BCUT2D eigenvalue weighted by molar-refractivity contribution is 7.99. The van der Waals surface area contributed by atoms with Crippen molar-refractivity contribution in [3.8, 4) is 11.4 Å². The maximum Gasteiger partial charge on any atom is 0.218 e. The Morgan fingerprint density at radius 3 is 2.79 bits per heavy atom. The van der Waals surface area contributed by atoms with Gasteiger partial charge in [-0.05, 0) is 34.7 Å². The lowest BCUT2D eigenvalue weighted by Crippen LogP contribution is -2.11. The summed E-state index contributed by atoms with van der Waals surface area (Å²) >= 11 is 1.38. The van der Waals surface area contributed by atoms with E-state index >= 15 is 0 Å². The molecule has 7 nitrogen and oxygen atoms in total. The quantitative estimate of drug-likeness (QED) is 0.779. The summed E-state index contributed by atoms with van der Waals surface area (Å²) in [4.78, 5) is 10.7. The number of hydrogen-bond donors (Lipinski definition) is 1. The summed E-state index contributed by atoms with van der Waals surface area (Å²) in [5.41, 5.74) is 5.91. The normalized spacial score (nSPS) is 10.4. The molecule has 100 valence electrons. The molecule has 1 amide bonds. The van der Waals surface area contributed by atoms with Crippen molar-refractivity contribution in [2.45, 2.75) is 11.6 Å². The first-order chi connectivity index (χ1) is 9.20. The van der Waals surface area contributed by atoms with Gasteiger partial charge in [-0.25, -0.2) is 0 Å². The van der Waals surface area contributed by atoms with Crippen LogP contribution in [0.15, 0.2) is 29.4 Å². The van der Waals surface area contributed by atoms with Crippen LogP contribution in [0.3, 0.4) is 0 Å². The molecule has 2 rings (SSSR count). The Morgan fingerprint density at radius 1 is 1.42 bits per heavy atom.